The summed E-state index contributed by atoms with van der Waals surface area (Å²) in [6.45, 7) is 5.60. The Bertz CT molecular complexity index is 2490. The van der Waals surface area contributed by atoms with E-state index in [1.54, 1.807) is 45.3 Å². The second-order valence-electron chi connectivity index (χ2n) is 15.1. The van der Waals surface area contributed by atoms with Gasteiger partial charge in [-0.1, -0.05) is 143 Å². The number of alkyl carbamates (subject to hydrolysis) is 1. The first-order valence-electron chi connectivity index (χ1n) is 19.6. The molecule has 3 amide bonds. The Kier molecular flexibility index (Phi) is 13.9. The third kappa shape index (κ3) is 10.1. The van der Waals surface area contributed by atoms with Gasteiger partial charge in [-0.05, 0) is 38.8 Å². The van der Waals surface area contributed by atoms with E-state index in [0.29, 0.717) is 28.0 Å². The number of fused-ring (bicyclic) bond motifs is 1. The van der Waals surface area contributed by atoms with Crippen LogP contribution in [0, 0.1) is 0 Å². The summed E-state index contributed by atoms with van der Waals surface area (Å²) in [6.07, 6.45) is 6.85. The fourth-order valence-electron chi connectivity index (χ4n) is 6.88. The van der Waals surface area contributed by atoms with Crippen LogP contribution in [0.15, 0.2) is 142 Å². The average Bonchev–Trinajstić information content (AvgIpc) is 3.61. The van der Waals surface area contributed by atoms with Crippen molar-refractivity contribution in [1.29, 1.82) is 0 Å². The van der Waals surface area contributed by atoms with Crippen LogP contribution in [-0.4, -0.2) is 78.9 Å². The first-order valence-corrected chi connectivity index (χ1v) is 22.6. The van der Waals surface area contributed by atoms with E-state index < -0.39 is 46.5 Å². The Morgan fingerprint density at radius 3 is 2.16 bits per heavy atom. The molecule has 0 saturated carbocycles. The number of β-lactam (4-membered cyclic amide) rings is 1. The number of anilines is 1. The van der Waals surface area contributed by atoms with Crippen molar-refractivity contribution in [2.24, 2.45) is 5.16 Å². The number of aliphatic carboxylic acids is 1. The first kappa shape index (κ1) is 44.9. The van der Waals surface area contributed by atoms with Gasteiger partial charge in [0.2, 0.25) is 5.60 Å². The molecule has 5 aromatic rings. The zero-order valence-corrected chi connectivity index (χ0v) is 37.4. The van der Waals surface area contributed by atoms with Crippen LogP contribution in [0.5, 0.6) is 0 Å². The van der Waals surface area contributed by atoms with Gasteiger partial charge >= 0.3 is 12.1 Å². The van der Waals surface area contributed by atoms with Crippen LogP contribution in [-0.2, 0) is 36.0 Å². The molecule has 324 valence electrons. The number of pyridine rings is 1. The molecule has 7 rings (SSSR count). The quantitative estimate of drug-likeness (QED) is 0.0264. The number of oxime groups is 1. The molecule has 63 heavy (non-hydrogen) atoms. The van der Waals surface area contributed by atoms with Crippen molar-refractivity contribution in [3.8, 4) is 0 Å². The number of halogens is 1. The number of thiazole rings is 1. The summed E-state index contributed by atoms with van der Waals surface area (Å²) in [5.41, 5.74) is 6.45. The summed E-state index contributed by atoms with van der Waals surface area (Å²) in [4.78, 5) is 70.8. The lowest BCUT2D eigenvalue weighted by atomic mass is 9.80. The van der Waals surface area contributed by atoms with Gasteiger partial charge in [-0.25, -0.2) is 14.6 Å². The van der Waals surface area contributed by atoms with Crippen molar-refractivity contribution in [3.05, 3.63) is 164 Å². The van der Waals surface area contributed by atoms with Gasteiger partial charge < -0.3 is 31.0 Å². The minimum absolute atomic E-state index is 0.0493. The maximum Gasteiger partial charge on any atom is 0.407 e. The number of carboxylic acid groups (broad SMARTS) is 1. The highest BCUT2D eigenvalue weighted by Crippen LogP contribution is 2.46. The molecule has 2 atom stereocenters. The van der Waals surface area contributed by atoms with Gasteiger partial charge in [0.15, 0.2) is 10.8 Å². The zero-order valence-electron chi connectivity index (χ0n) is 34.2. The zero-order chi connectivity index (χ0) is 44.7. The lowest BCUT2D eigenvalue weighted by Crippen LogP contribution is -2.71. The largest absolute Gasteiger partial charge is 0.477 e. The highest BCUT2D eigenvalue weighted by atomic mass is 35.5. The van der Waals surface area contributed by atoms with Crippen molar-refractivity contribution in [2.75, 3.05) is 18.0 Å². The number of hydrogen-bond donors (Lipinski definition) is 4. The van der Waals surface area contributed by atoms with Crippen molar-refractivity contribution < 1.29 is 33.9 Å². The van der Waals surface area contributed by atoms with Crippen LogP contribution in [0.1, 0.15) is 48.7 Å². The standard InChI is InChI=1S/C45H42ClN7O7S3/c1-44(2,3)59-43(58)49-23-14-13-15-27-25-48-24-22-31(27)62-32-26-61-40-35(39(55)53(40)36(32)41(56)57)50-38(54)34(33-37(46)63-42(47)51-33)52-60-45(28-16-7-4-8-17-28,29-18-9-5-10-19-29)30-20-11-6-12-21-30/h4-14,16-22,24-25,35,40H,15,23,26H2,1-3H3,(H2,47,51)(H,49,58)(H,50,54)(H,56,57)/b14-13-,52-34-/t35-,40+/m1/s1. The minimum atomic E-state index is -1.37. The maximum absolute atomic E-state index is 14.4. The van der Waals surface area contributed by atoms with Crippen LogP contribution in [0.2, 0.25) is 4.34 Å². The van der Waals surface area contributed by atoms with Crippen LogP contribution in [0.4, 0.5) is 9.93 Å². The number of thioether (sulfide) groups is 2. The van der Waals surface area contributed by atoms with Crippen molar-refractivity contribution in [2.45, 2.75) is 54.7 Å². The summed E-state index contributed by atoms with van der Waals surface area (Å²) >= 11 is 10.1. The molecule has 0 aliphatic carbocycles. The van der Waals surface area contributed by atoms with E-state index in [0.717, 1.165) is 21.8 Å². The Morgan fingerprint density at radius 2 is 1.60 bits per heavy atom. The number of hydrogen-bond acceptors (Lipinski definition) is 13. The molecule has 0 spiro atoms. The van der Waals surface area contributed by atoms with E-state index >= 15 is 0 Å². The van der Waals surface area contributed by atoms with Gasteiger partial charge in [0.1, 0.15) is 32.7 Å². The number of nitrogens with zero attached hydrogens (tertiary/aromatic N) is 4. The normalized spacial score (nSPS) is 16.6. The molecule has 5 N–H and O–H groups in total. The molecule has 0 unspecified atom stereocenters. The maximum atomic E-state index is 14.4. The monoisotopic (exact) mass is 923 g/mol. The molecule has 2 aromatic heterocycles. The molecule has 2 aliphatic heterocycles. The van der Waals surface area contributed by atoms with E-state index in [-0.39, 0.29) is 38.9 Å². The van der Waals surface area contributed by atoms with Crippen molar-refractivity contribution in [1.82, 2.24) is 25.5 Å². The number of carboxylic acids is 1. The number of allylic oxidation sites excluding steroid dienone is 1. The van der Waals surface area contributed by atoms with E-state index in [2.05, 4.69) is 25.8 Å². The number of amides is 3. The second-order valence-corrected chi connectivity index (χ2v) is 18.9. The van der Waals surface area contributed by atoms with Crippen LogP contribution >= 0.6 is 46.5 Å². The van der Waals surface area contributed by atoms with Crippen molar-refractivity contribution in [3.63, 3.8) is 0 Å². The third-order valence-corrected chi connectivity index (χ3v) is 13.4. The molecule has 3 aromatic carbocycles. The number of rotatable bonds is 15. The molecular formula is C45H42ClN7O7S3. The molecule has 2 aliphatic rings. The SMILES string of the molecule is CC(C)(C)OC(=O)NC/C=C\Cc1cnccc1SC1=C(C(=O)O)N2C(=O)[C@@H](NC(=O)/C(=N\OC(c3ccccc3)(c3ccccc3)c3ccccc3)c3nc(N)sc3Cl)[C@@H]2SC1. The topological polar surface area (TPSA) is 198 Å². The third-order valence-electron chi connectivity index (χ3n) is 9.64. The molecule has 4 heterocycles. The lowest BCUT2D eigenvalue weighted by Gasteiger charge is -2.49. The summed E-state index contributed by atoms with van der Waals surface area (Å²) < 4.78 is 5.34. The molecule has 0 radical (unpaired) electrons. The van der Waals surface area contributed by atoms with Gasteiger partial charge in [0, 0.05) is 51.2 Å². The Morgan fingerprint density at radius 1 is 0.984 bits per heavy atom. The molecule has 18 heteroatoms. The molecule has 1 saturated heterocycles. The van der Waals surface area contributed by atoms with Gasteiger partial charge in [-0.2, -0.15) is 0 Å². The van der Waals surface area contributed by atoms with Gasteiger partial charge in [0.25, 0.3) is 11.8 Å². The Balaban J connectivity index is 1.13. The molecule has 1 fully saturated rings. The Hall–Kier alpha value is -6.14. The predicted octanol–water partition coefficient (Wildman–Crippen LogP) is 7.60. The van der Waals surface area contributed by atoms with E-state index in [4.69, 9.17) is 26.9 Å². The van der Waals surface area contributed by atoms with Gasteiger partial charge in [-0.3, -0.25) is 19.5 Å². The van der Waals surface area contributed by atoms with Crippen molar-refractivity contribution >= 4 is 81.2 Å². The Labute approximate surface area is 381 Å². The number of carbonyl (C=O) groups is 4. The highest BCUT2D eigenvalue weighted by Gasteiger charge is 2.55. The second kappa shape index (κ2) is 19.5. The summed E-state index contributed by atoms with van der Waals surface area (Å²) in [5, 5.41) is 19.8. The fourth-order valence-corrected chi connectivity index (χ4v) is 10.4. The van der Waals surface area contributed by atoms with Crippen LogP contribution in [0.25, 0.3) is 0 Å². The summed E-state index contributed by atoms with van der Waals surface area (Å²) in [7, 11) is 0. The van der Waals surface area contributed by atoms with E-state index in [9.17, 15) is 24.3 Å². The minimum Gasteiger partial charge on any atom is -0.477 e. The van der Waals surface area contributed by atoms with Crippen LogP contribution < -0.4 is 16.4 Å². The van der Waals surface area contributed by atoms with E-state index in [1.165, 1.54) is 28.4 Å². The van der Waals surface area contributed by atoms with Gasteiger partial charge in [-0.15, -0.1) is 11.8 Å². The smallest absolute Gasteiger partial charge is 0.407 e. The summed E-state index contributed by atoms with van der Waals surface area (Å²) in [5.74, 6) is -2.51. The van der Waals surface area contributed by atoms with Crippen LogP contribution in [0.3, 0.4) is 0 Å². The number of carbonyl (C=O) groups excluding carboxylic acids is 3. The highest BCUT2D eigenvalue weighted by molar-refractivity contribution is 8.06. The predicted molar refractivity (Wildman–Crippen MR) is 245 cm³/mol. The number of nitrogens with two attached hydrogens (primary N) is 1. The first-order chi connectivity index (χ1) is 30.3. The van der Waals surface area contributed by atoms with E-state index in [1.807, 2.05) is 97.1 Å². The molecule has 0 bridgehead atoms. The summed E-state index contributed by atoms with van der Waals surface area (Å²) in [6, 6.07) is 28.9. The fraction of sp³-hybridized carbons (Fsp3) is 0.222. The average molecular weight is 925 g/mol. The molecular weight excluding hydrogens is 882 g/mol. The number of aromatic nitrogens is 2. The van der Waals surface area contributed by atoms with Gasteiger partial charge in [0.05, 0.1) is 0 Å². The lowest BCUT2D eigenvalue weighted by molar-refractivity contribution is -0.150. The molecule has 14 nitrogen and oxygen atoms in total. The number of nitrogen functional groups attached to an aromatic ring is 1. The number of nitrogens with one attached hydrogen (secondary N) is 2. The number of ether oxygens (including phenoxy) is 1. The number of benzene rings is 3.